The lowest BCUT2D eigenvalue weighted by Gasteiger charge is -2.35. The van der Waals surface area contributed by atoms with E-state index in [0.717, 1.165) is 75.1 Å². The third-order valence-electron chi connectivity index (χ3n) is 9.06. The molecule has 2 aliphatic heterocycles. The smallest absolute Gasteiger partial charge is 0.320 e. The number of alkyl halides is 2. The molecule has 39 heavy (non-hydrogen) atoms. The first-order chi connectivity index (χ1) is 18.7. The largest absolute Gasteiger partial charge is 0.480 e. The maximum Gasteiger partial charge on any atom is 0.320 e. The molecule has 1 N–H and O–H groups in total. The molecule has 3 unspecified atom stereocenters. The average molecular weight is 547 g/mol. The molecule has 0 amide bonds. The van der Waals surface area contributed by atoms with Crippen LogP contribution in [-0.4, -0.2) is 59.6 Å². The molecule has 1 saturated carbocycles. The first-order valence-corrected chi connectivity index (χ1v) is 14.3. The second kappa shape index (κ2) is 12.0. The van der Waals surface area contributed by atoms with E-state index in [1.165, 1.54) is 6.07 Å². The second-order valence-electron chi connectivity index (χ2n) is 11.9. The molecular formula is C31H38F4N2O2. The van der Waals surface area contributed by atoms with E-state index in [0.29, 0.717) is 31.8 Å². The lowest BCUT2D eigenvalue weighted by molar-refractivity contribution is -0.143. The Kier molecular flexibility index (Phi) is 8.62. The number of hydrogen-bond acceptors (Lipinski definition) is 3. The van der Waals surface area contributed by atoms with E-state index in [4.69, 9.17) is 0 Å². The van der Waals surface area contributed by atoms with E-state index in [1.807, 2.05) is 6.07 Å². The topological polar surface area (TPSA) is 43.8 Å². The van der Waals surface area contributed by atoms with Crippen LogP contribution in [0.1, 0.15) is 62.0 Å². The summed E-state index contributed by atoms with van der Waals surface area (Å²) in [6.07, 6.45) is 4.70. The molecule has 0 aromatic heterocycles. The van der Waals surface area contributed by atoms with E-state index in [1.54, 1.807) is 12.1 Å². The molecule has 0 radical (unpaired) electrons. The Balaban J connectivity index is 1.18. The quantitative estimate of drug-likeness (QED) is 0.326. The molecule has 8 heteroatoms. The third kappa shape index (κ3) is 7.20. The normalized spacial score (nSPS) is 24.2. The van der Waals surface area contributed by atoms with Gasteiger partial charge in [-0.3, -0.25) is 9.69 Å². The van der Waals surface area contributed by atoms with Crippen LogP contribution in [0.5, 0.6) is 0 Å². The number of carboxylic acid groups (broad SMARTS) is 1. The summed E-state index contributed by atoms with van der Waals surface area (Å²) in [4.78, 5) is 16.6. The lowest BCUT2D eigenvalue weighted by atomic mass is 9.86. The van der Waals surface area contributed by atoms with Gasteiger partial charge in [-0.2, -0.15) is 0 Å². The van der Waals surface area contributed by atoms with Crippen molar-refractivity contribution in [3.8, 4) is 0 Å². The molecule has 2 aromatic carbocycles. The number of nitrogens with zero attached hydrogens (tertiary/aromatic N) is 2. The second-order valence-corrected chi connectivity index (χ2v) is 11.9. The highest BCUT2D eigenvalue weighted by molar-refractivity contribution is 5.73. The fourth-order valence-electron chi connectivity index (χ4n) is 6.55. The summed E-state index contributed by atoms with van der Waals surface area (Å²) in [6.45, 7) is 3.67. The van der Waals surface area contributed by atoms with E-state index >= 15 is 0 Å². The summed E-state index contributed by atoms with van der Waals surface area (Å²) in [6, 6.07) is 10.6. The summed E-state index contributed by atoms with van der Waals surface area (Å²) >= 11 is 0. The SMILES string of the molecule is O=C(O)C(CC1CC1)N1CC(CN2CCC(CCC(F)(F)c3ccc(F)cc3)CC2)C(c2cccc(F)c2)C1. The molecule has 3 atom stereocenters. The van der Waals surface area contributed by atoms with Gasteiger partial charge >= 0.3 is 5.97 Å². The molecule has 212 valence electrons. The molecule has 3 fully saturated rings. The van der Waals surface area contributed by atoms with Crippen LogP contribution in [0.15, 0.2) is 48.5 Å². The van der Waals surface area contributed by atoms with Crippen LogP contribution in [0.3, 0.4) is 0 Å². The van der Waals surface area contributed by atoms with Gasteiger partial charge in [0, 0.05) is 37.5 Å². The van der Waals surface area contributed by atoms with Crippen molar-refractivity contribution in [2.75, 3.05) is 32.7 Å². The number of carbonyl (C=O) groups is 1. The Morgan fingerprint density at radius 3 is 2.31 bits per heavy atom. The summed E-state index contributed by atoms with van der Waals surface area (Å²) in [5, 5.41) is 9.96. The van der Waals surface area contributed by atoms with Crippen molar-refractivity contribution in [1.29, 1.82) is 0 Å². The van der Waals surface area contributed by atoms with Crippen molar-refractivity contribution in [1.82, 2.24) is 9.80 Å². The minimum atomic E-state index is -2.97. The standard InChI is InChI=1S/C31H38F4N2O2/c32-26-8-6-25(7-9-26)31(34,35)13-10-21-11-14-36(15-12-21)18-24-19-37(29(30(38)39)16-22-4-5-22)20-28(24)23-2-1-3-27(33)17-23/h1-3,6-9,17,21-22,24,28-29H,4-5,10-16,18-20H2,(H,38,39). The van der Waals surface area contributed by atoms with Gasteiger partial charge in [-0.05, 0) is 86.4 Å². The summed E-state index contributed by atoms with van der Waals surface area (Å²) in [5.41, 5.74) is 0.771. The van der Waals surface area contributed by atoms with Crippen LogP contribution < -0.4 is 0 Å². The number of aliphatic carboxylic acids is 1. The van der Waals surface area contributed by atoms with E-state index in [2.05, 4.69) is 9.80 Å². The first kappa shape index (κ1) is 28.1. The zero-order valence-electron chi connectivity index (χ0n) is 22.3. The fraction of sp³-hybridized carbons (Fsp3) is 0.581. The molecule has 1 aliphatic carbocycles. The van der Waals surface area contributed by atoms with Gasteiger partial charge in [-0.25, -0.2) is 17.6 Å². The number of carboxylic acids is 1. The number of rotatable bonds is 11. The third-order valence-corrected chi connectivity index (χ3v) is 9.06. The minimum absolute atomic E-state index is 0.0499. The summed E-state index contributed by atoms with van der Waals surface area (Å²) in [5.74, 6) is -3.63. The molecule has 0 spiro atoms. The number of hydrogen-bond donors (Lipinski definition) is 1. The molecule has 0 bridgehead atoms. The Labute approximate surface area is 228 Å². The molecule has 2 heterocycles. The zero-order valence-corrected chi connectivity index (χ0v) is 22.3. The molecule has 2 saturated heterocycles. The van der Waals surface area contributed by atoms with Gasteiger partial charge in [-0.15, -0.1) is 0 Å². The van der Waals surface area contributed by atoms with E-state index in [9.17, 15) is 27.5 Å². The van der Waals surface area contributed by atoms with E-state index < -0.39 is 23.8 Å². The van der Waals surface area contributed by atoms with Gasteiger partial charge in [0.25, 0.3) is 5.92 Å². The highest BCUT2D eigenvalue weighted by Gasteiger charge is 2.42. The number of halogens is 4. The highest BCUT2D eigenvalue weighted by Crippen LogP contribution is 2.40. The van der Waals surface area contributed by atoms with Crippen molar-refractivity contribution >= 4 is 5.97 Å². The van der Waals surface area contributed by atoms with E-state index in [-0.39, 0.29) is 35.6 Å². The maximum absolute atomic E-state index is 14.7. The first-order valence-electron chi connectivity index (χ1n) is 14.3. The molecule has 2 aromatic rings. The van der Waals surface area contributed by atoms with Crippen LogP contribution in [0.4, 0.5) is 17.6 Å². The van der Waals surface area contributed by atoms with Crippen LogP contribution in [-0.2, 0) is 10.7 Å². The van der Waals surface area contributed by atoms with Crippen molar-refractivity contribution in [3.63, 3.8) is 0 Å². The van der Waals surface area contributed by atoms with Crippen molar-refractivity contribution < 1.29 is 27.5 Å². The molecule has 3 aliphatic rings. The van der Waals surface area contributed by atoms with Crippen LogP contribution >= 0.6 is 0 Å². The predicted octanol–water partition coefficient (Wildman–Crippen LogP) is 6.52. The Hall–Kier alpha value is -2.45. The number of likely N-dealkylation sites (tertiary alicyclic amines) is 2. The van der Waals surface area contributed by atoms with Gasteiger partial charge in [0.15, 0.2) is 0 Å². The van der Waals surface area contributed by atoms with Crippen LogP contribution in [0.25, 0.3) is 0 Å². The Morgan fingerprint density at radius 2 is 1.67 bits per heavy atom. The van der Waals surface area contributed by atoms with Gasteiger partial charge in [0.2, 0.25) is 0 Å². The number of piperidine rings is 1. The Morgan fingerprint density at radius 1 is 0.949 bits per heavy atom. The van der Waals surface area contributed by atoms with Crippen molar-refractivity contribution in [2.24, 2.45) is 17.8 Å². The van der Waals surface area contributed by atoms with Gasteiger partial charge in [0.1, 0.15) is 17.7 Å². The van der Waals surface area contributed by atoms with Gasteiger partial charge < -0.3 is 10.0 Å². The fourth-order valence-corrected chi connectivity index (χ4v) is 6.55. The zero-order chi connectivity index (χ0) is 27.6. The van der Waals surface area contributed by atoms with Gasteiger partial charge in [0.05, 0.1) is 0 Å². The Bertz CT molecular complexity index is 1120. The highest BCUT2D eigenvalue weighted by atomic mass is 19.3. The predicted molar refractivity (Wildman–Crippen MR) is 142 cm³/mol. The van der Waals surface area contributed by atoms with Crippen molar-refractivity contribution in [3.05, 3.63) is 71.3 Å². The maximum atomic E-state index is 14.7. The minimum Gasteiger partial charge on any atom is -0.480 e. The molecule has 5 rings (SSSR count). The number of benzene rings is 2. The van der Waals surface area contributed by atoms with Gasteiger partial charge in [-0.1, -0.05) is 37.1 Å². The van der Waals surface area contributed by atoms with Crippen LogP contribution in [0, 0.1) is 29.4 Å². The van der Waals surface area contributed by atoms with Crippen molar-refractivity contribution in [2.45, 2.75) is 62.8 Å². The monoisotopic (exact) mass is 546 g/mol. The summed E-state index contributed by atoms with van der Waals surface area (Å²) < 4.78 is 56.6. The summed E-state index contributed by atoms with van der Waals surface area (Å²) in [7, 11) is 0. The van der Waals surface area contributed by atoms with Crippen LogP contribution in [0.2, 0.25) is 0 Å². The molecule has 4 nitrogen and oxygen atoms in total. The average Bonchev–Trinajstić information content (AvgIpc) is 3.65. The molecular weight excluding hydrogens is 508 g/mol. The lowest BCUT2D eigenvalue weighted by Crippen LogP contribution is -2.42.